The van der Waals surface area contributed by atoms with E-state index in [2.05, 4.69) is 16.0 Å². The molecule has 1 aliphatic heterocycles. The number of amides is 2. The average Bonchev–Trinajstić information content (AvgIpc) is 3.47. The molecular weight excluding hydrogens is 519 g/mol. The summed E-state index contributed by atoms with van der Waals surface area (Å²) in [6.07, 6.45) is 0. The summed E-state index contributed by atoms with van der Waals surface area (Å²) in [5.41, 5.74) is 6.93. The van der Waals surface area contributed by atoms with Gasteiger partial charge in [-0.05, 0) is 36.8 Å². The van der Waals surface area contributed by atoms with E-state index >= 15 is 0 Å². The van der Waals surface area contributed by atoms with Gasteiger partial charge in [0.1, 0.15) is 5.75 Å². The SMILES string of the molecule is C/C(=N/NC(=O)c1ccc(C(=O)NN2CCOCC2)s1)c1csc(-c2ccc(Cl)c(Cl)c2)c1O. The fourth-order valence-electron chi connectivity index (χ4n) is 3.16. The van der Waals surface area contributed by atoms with Crippen molar-refractivity contribution in [2.24, 2.45) is 5.10 Å². The molecule has 3 N–H and O–H groups in total. The number of carbonyl (C=O) groups is 2. The summed E-state index contributed by atoms with van der Waals surface area (Å²) in [5.74, 6) is -0.685. The first-order valence-corrected chi connectivity index (χ1v) is 12.6. The van der Waals surface area contributed by atoms with E-state index in [0.29, 0.717) is 62.3 Å². The number of hydrazine groups is 1. The van der Waals surface area contributed by atoms with E-state index in [0.717, 1.165) is 16.9 Å². The number of halogens is 2. The molecule has 1 aliphatic rings. The van der Waals surface area contributed by atoms with Crippen LogP contribution in [0.3, 0.4) is 0 Å². The van der Waals surface area contributed by atoms with Crippen LogP contribution >= 0.6 is 45.9 Å². The minimum absolute atomic E-state index is 0.0390. The third-order valence-corrected chi connectivity index (χ3v) is 7.83. The minimum atomic E-state index is -0.450. The van der Waals surface area contributed by atoms with Crippen LogP contribution in [0.2, 0.25) is 10.0 Å². The van der Waals surface area contributed by atoms with Crippen molar-refractivity contribution in [3.63, 3.8) is 0 Å². The lowest BCUT2D eigenvalue weighted by Crippen LogP contribution is -2.48. The quantitative estimate of drug-likeness (QED) is 0.314. The highest BCUT2D eigenvalue weighted by Gasteiger charge is 2.19. The Kier molecular flexibility index (Phi) is 7.87. The van der Waals surface area contributed by atoms with E-state index in [-0.39, 0.29) is 11.7 Å². The smallest absolute Gasteiger partial charge is 0.281 e. The van der Waals surface area contributed by atoms with Gasteiger partial charge in [-0.15, -0.1) is 22.7 Å². The number of nitrogens with one attached hydrogen (secondary N) is 2. The van der Waals surface area contributed by atoms with Gasteiger partial charge in [0.15, 0.2) is 0 Å². The minimum Gasteiger partial charge on any atom is -0.506 e. The van der Waals surface area contributed by atoms with Gasteiger partial charge in [0, 0.05) is 18.5 Å². The predicted molar refractivity (Wildman–Crippen MR) is 135 cm³/mol. The number of thiophene rings is 2. The highest BCUT2D eigenvalue weighted by atomic mass is 35.5. The van der Waals surface area contributed by atoms with Crippen LogP contribution in [0.5, 0.6) is 5.75 Å². The number of rotatable bonds is 6. The van der Waals surface area contributed by atoms with Crippen LogP contribution in [0.15, 0.2) is 40.8 Å². The highest BCUT2D eigenvalue weighted by molar-refractivity contribution is 7.16. The Hall–Kier alpha value is -2.47. The predicted octanol–water partition coefficient (Wildman–Crippen LogP) is 4.62. The Morgan fingerprint density at radius 2 is 1.79 bits per heavy atom. The van der Waals surface area contributed by atoms with E-state index in [4.69, 9.17) is 27.9 Å². The number of ether oxygens (including phenoxy) is 1. The first-order chi connectivity index (χ1) is 16.3. The molecule has 8 nitrogen and oxygen atoms in total. The van der Waals surface area contributed by atoms with Crippen molar-refractivity contribution in [2.75, 3.05) is 26.3 Å². The highest BCUT2D eigenvalue weighted by Crippen LogP contribution is 2.40. The van der Waals surface area contributed by atoms with Crippen LogP contribution in [-0.4, -0.2) is 53.9 Å². The summed E-state index contributed by atoms with van der Waals surface area (Å²) in [5, 5.41) is 19.2. The fourth-order valence-corrected chi connectivity index (χ4v) is 5.24. The summed E-state index contributed by atoms with van der Waals surface area (Å²) in [7, 11) is 0. The lowest BCUT2D eigenvalue weighted by molar-refractivity contribution is 0.0127. The van der Waals surface area contributed by atoms with Crippen molar-refractivity contribution in [3.8, 4) is 16.2 Å². The Morgan fingerprint density at radius 3 is 2.50 bits per heavy atom. The van der Waals surface area contributed by atoms with Gasteiger partial charge >= 0.3 is 0 Å². The molecule has 0 saturated carbocycles. The molecule has 3 heterocycles. The second kappa shape index (κ2) is 10.9. The van der Waals surface area contributed by atoms with Crippen molar-refractivity contribution in [2.45, 2.75) is 6.92 Å². The molecule has 1 aromatic carbocycles. The van der Waals surface area contributed by atoms with Gasteiger partial charge in [-0.1, -0.05) is 29.3 Å². The number of hydrogen-bond acceptors (Lipinski definition) is 8. The molecule has 34 heavy (non-hydrogen) atoms. The molecular formula is C22H20Cl2N4O4S2. The van der Waals surface area contributed by atoms with Crippen LogP contribution < -0.4 is 10.9 Å². The number of aromatic hydroxyl groups is 1. The normalized spacial score (nSPS) is 14.7. The van der Waals surface area contributed by atoms with Crippen LogP contribution in [0.25, 0.3) is 10.4 Å². The van der Waals surface area contributed by atoms with Gasteiger partial charge in [0.05, 0.1) is 49.2 Å². The Labute approximate surface area is 213 Å². The summed E-state index contributed by atoms with van der Waals surface area (Å²) in [6, 6.07) is 8.28. The molecule has 2 aromatic heterocycles. The molecule has 0 unspecified atom stereocenters. The van der Waals surface area contributed by atoms with Gasteiger partial charge < -0.3 is 9.84 Å². The second-order valence-electron chi connectivity index (χ2n) is 7.30. The molecule has 178 valence electrons. The molecule has 0 spiro atoms. The molecule has 1 saturated heterocycles. The van der Waals surface area contributed by atoms with Crippen LogP contribution in [-0.2, 0) is 4.74 Å². The summed E-state index contributed by atoms with van der Waals surface area (Å²) in [4.78, 5) is 26.3. The first-order valence-electron chi connectivity index (χ1n) is 10.2. The van der Waals surface area contributed by atoms with Crippen molar-refractivity contribution in [3.05, 3.63) is 61.1 Å². The van der Waals surface area contributed by atoms with Crippen LogP contribution in [0.1, 0.15) is 31.8 Å². The molecule has 0 bridgehead atoms. The van der Waals surface area contributed by atoms with E-state index in [9.17, 15) is 14.7 Å². The summed E-state index contributed by atoms with van der Waals surface area (Å²) >= 11 is 14.5. The number of benzene rings is 1. The lowest BCUT2D eigenvalue weighted by Gasteiger charge is -2.26. The molecule has 1 fully saturated rings. The monoisotopic (exact) mass is 538 g/mol. The van der Waals surface area contributed by atoms with Gasteiger partial charge in [-0.3, -0.25) is 15.0 Å². The van der Waals surface area contributed by atoms with Crippen molar-refractivity contribution < 1.29 is 19.4 Å². The largest absolute Gasteiger partial charge is 0.506 e. The Morgan fingerprint density at radius 1 is 1.09 bits per heavy atom. The fraction of sp³-hybridized carbons (Fsp3) is 0.227. The maximum Gasteiger partial charge on any atom is 0.281 e. The standard InChI is InChI=1S/C22H20Cl2N4O4S2/c1-12(14-11-33-20(19(14)29)13-2-3-15(23)16(24)10-13)25-26-21(30)17-4-5-18(34-17)22(31)27-28-6-8-32-9-7-28/h2-5,10-11,29H,6-9H2,1H3,(H,26,30)(H,27,31)/b25-12-. The number of morpholine rings is 1. The van der Waals surface area contributed by atoms with Gasteiger partial charge in [-0.2, -0.15) is 5.10 Å². The summed E-state index contributed by atoms with van der Waals surface area (Å²) in [6.45, 7) is 4.02. The average molecular weight is 539 g/mol. The maximum absolute atomic E-state index is 12.5. The molecule has 0 aliphatic carbocycles. The van der Waals surface area contributed by atoms with Crippen molar-refractivity contribution in [1.82, 2.24) is 15.9 Å². The van der Waals surface area contributed by atoms with E-state index in [1.807, 2.05) is 0 Å². The van der Waals surface area contributed by atoms with Gasteiger partial charge in [-0.25, -0.2) is 10.4 Å². The van der Waals surface area contributed by atoms with E-state index in [1.54, 1.807) is 47.6 Å². The van der Waals surface area contributed by atoms with E-state index < -0.39 is 5.91 Å². The number of hydrogen-bond donors (Lipinski definition) is 3. The third-order valence-electron chi connectivity index (χ3n) is 4.99. The molecule has 12 heteroatoms. The molecule has 3 aromatic rings. The van der Waals surface area contributed by atoms with Crippen molar-refractivity contribution in [1.29, 1.82) is 0 Å². The van der Waals surface area contributed by atoms with Gasteiger partial charge in [0.25, 0.3) is 11.8 Å². The Bertz CT molecular complexity index is 1250. The van der Waals surface area contributed by atoms with Crippen molar-refractivity contribution >= 4 is 63.4 Å². The van der Waals surface area contributed by atoms with Crippen LogP contribution in [0.4, 0.5) is 0 Å². The number of carbonyl (C=O) groups excluding carboxylic acids is 2. The van der Waals surface area contributed by atoms with Gasteiger partial charge in [0.2, 0.25) is 0 Å². The molecule has 0 atom stereocenters. The molecule has 4 rings (SSSR count). The second-order valence-corrected chi connectivity index (χ2v) is 10.1. The Balaban J connectivity index is 1.41. The maximum atomic E-state index is 12.5. The topological polar surface area (TPSA) is 103 Å². The lowest BCUT2D eigenvalue weighted by atomic mass is 10.1. The molecule has 0 radical (unpaired) electrons. The van der Waals surface area contributed by atoms with Crippen LogP contribution in [0, 0.1) is 0 Å². The molecule has 2 amide bonds. The first kappa shape index (κ1) is 24.6. The summed E-state index contributed by atoms with van der Waals surface area (Å²) < 4.78 is 5.26. The number of nitrogens with zero attached hydrogens (tertiary/aromatic N) is 2. The van der Waals surface area contributed by atoms with E-state index in [1.165, 1.54) is 11.3 Å². The zero-order valence-electron chi connectivity index (χ0n) is 17.9. The third kappa shape index (κ3) is 5.60. The number of hydrazone groups is 1. The zero-order valence-corrected chi connectivity index (χ0v) is 21.1. The zero-order chi connectivity index (χ0) is 24.2.